The van der Waals surface area contributed by atoms with E-state index in [2.05, 4.69) is 38.1 Å². The first-order valence-corrected chi connectivity index (χ1v) is 9.07. The first-order chi connectivity index (χ1) is 11.7. The number of aryl methyl sites for hydroxylation is 2. The Morgan fingerprint density at radius 1 is 1.17 bits per heavy atom. The quantitative estimate of drug-likeness (QED) is 0.438. The van der Waals surface area contributed by atoms with E-state index in [4.69, 9.17) is 4.74 Å². The number of aliphatic imine (C=N–C) groups is 1. The number of nitrogens with one attached hydrogen (secondary N) is 2. The molecule has 0 aliphatic rings. The van der Waals surface area contributed by atoms with Crippen molar-refractivity contribution in [3.63, 3.8) is 0 Å². The van der Waals surface area contributed by atoms with E-state index in [1.54, 1.807) is 25.5 Å². The van der Waals surface area contributed by atoms with Gasteiger partial charge >= 0.3 is 0 Å². The predicted octanol–water partition coefficient (Wildman–Crippen LogP) is 2.80. The number of ether oxygens (including phenoxy) is 1. The van der Waals surface area contributed by atoms with Crippen LogP contribution in [0.25, 0.3) is 0 Å². The maximum Gasteiger partial charge on any atom is 0.190 e. The van der Waals surface area contributed by atoms with Gasteiger partial charge in [0.1, 0.15) is 5.75 Å². The summed E-state index contributed by atoms with van der Waals surface area (Å²) in [5.74, 6) is 1.74. The van der Waals surface area contributed by atoms with Gasteiger partial charge in [0.15, 0.2) is 5.96 Å². The Hall–Kier alpha value is -2.08. The summed E-state index contributed by atoms with van der Waals surface area (Å²) in [6, 6.07) is 8.23. The number of nitrogens with zero attached hydrogens (tertiary/aromatic N) is 2. The van der Waals surface area contributed by atoms with Gasteiger partial charge in [-0.15, -0.1) is 11.3 Å². The monoisotopic (exact) mass is 346 g/mol. The molecule has 1 heterocycles. The average molecular weight is 347 g/mol. The fraction of sp³-hybridized carbons (Fsp3) is 0.444. The second kappa shape index (κ2) is 9.93. The molecule has 0 fully saturated rings. The number of hydrogen-bond donors (Lipinski definition) is 2. The molecular formula is C18H26N4OS. The summed E-state index contributed by atoms with van der Waals surface area (Å²) >= 11 is 1.69. The minimum Gasteiger partial charge on any atom is -0.497 e. The standard InChI is InChI=1S/C18H26N4OS/c1-14-22-16(13-24-14)10-12-21-18(19-2)20-11-4-5-15-6-8-17(23-3)9-7-15/h6-9,13H,4-5,10-12H2,1-3H3,(H2,19,20,21). The van der Waals surface area contributed by atoms with E-state index in [-0.39, 0.29) is 0 Å². The van der Waals surface area contributed by atoms with Gasteiger partial charge < -0.3 is 15.4 Å². The van der Waals surface area contributed by atoms with Crippen molar-refractivity contribution < 1.29 is 4.74 Å². The Labute approximate surface area is 148 Å². The molecule has 1 aromatic carbocycles. The van der Waals surface area contributed by atoms with Gasteiger partial charge in [0, 0.05) is 31.9 Å². The highest BCUT2D eigenvalue weighted by molar-refractivity contribution is 7.09. The van der Waals surface area contributed by atoms with E-state index >= 15 is 0 Å². The summed E-state index contributed by atoms with van der Waals surface area (Å²) in [4.78, 5) is 8.72. The summed E-state index contributed by atoms with van der Waals surface area (Å²) in [7, 11) is 3.49. The van der Waals surface area contributed by atoms with E-state index in [1.165, 1.54) is 5.56 Å². The van der Waals surface area contributed by atoms with Gasteiger partial charge in [-0.1, -0.05) is 12.1 Å². The molecule has 0 amide bonds. The van der Waals surface area contributed by atoms with Crippen LogP contribution in [0.15, 0.2) is 34.6 Å². The largest absolute Gasteiger partial charge is 0.497 e. The molecule has 0 saturated carbocycles. The minimum absolute atomic E-state index is 0.835. The third-order valence-corrected chi connectivity index (χ3v) is 4.48. The topological polar surface area (TPSA) is 58.5 Å². The molecule has 0 spiro atoms. The van der Waals surface area contributed by atoms with Crippen LogP contribution in [0.3, 0.4) is 0 Å². The molecule has 0 aliphatic carbocycles. The molecule has 0 atom stereocenters. The van der Waals surface area contributed by atoms with Crippen LogP contribution in [-0.2, 0) is 12.8 Å². The zero-order chi connectivity index (χ0) is 17.2. The smallest absolute Gasteiger partial charge is 0.190 e. The number of thiazole rings is 1. The lowest BCUT2D eigenvalue weighted by molar-refractivity contribution is 0.414. The number of rotatable bonds is 8. The van der Waals surface area contributed by atoms with Crippen LogP contribution in [0.1, 0.15) is 22.7 Å². The molecule has 1 aromatic heterocycles. The van der Waals surface area contributed by atoms with Gasteiger partial charge in [-0.2, -0.15) is 0 Å². The lowest BCUT2D eigenvalue weighted by Gasteiger charge is -2.11. The van der Waals surface area contributed by atoms with E-state index < -0.39 is 0 Å². The molecular weight excluding hydrogens is 320 g/mol. The number of guanidine groups is 1. The zero-order valence-corrected chi connectivity index (χ0v) is 15.4. The Kier molecular flexibility index (Phi) is 7.55. The highest BCUT2D eigenvalue weighted by atomic mass is 32.1. The van der Waals surface area contributed by atoms with Gasteiger partial charge in [-0.25, -0.2) is 4.98 Å². The Bertz CT molecular complexity index is 637. The molecule has 0 saturated heterocycles. The molecule has 5 nitrogen and oxygen atoms in total. The van der Waals surface area contributed by atoms with E-state index in [1.807, 2.05) is 19.1 Å². The lowest BCUT2D eigenvalue weighted by atomic mass is 10.1. The Morgan fingerprint density at radius 3 is 2.54 bits per heavy atom. The lowest BCUT2D eigenvalue weighted by Crippen LogP contribution is -2.38. The van der Waals surface area contributed by atoms with Crippen LogP contribution >= 0.6 is 11.3 Å². The van der Waals surface area contributed by atoms with Crippen molar-refractivity contribution in [3.05, 3.63) is 45.9 Å². The molecule has 0 bridgehead atoms. The average Bonchev–Trinajstić information content (AvgIpc) is 3.02. The Balaban J connectivity index is 1.62. The summed E-state index contributed by atoms with van der Waals surface area (Å²) in [6.07, 6.45) is 3.00. The van der Waals surface area contributed by atoms with Gasteiger partial charge in [0.25, 0.3) is 0 Å². The van der Waals surface area contributed by atoms with Crippen molar-refractivity contribution in [2.45, 2.75) is 26.2 Å². The number of hydrogen-bond acceptors (Lipinski definition) is 4. The molecule has 24 heavy (non-hydrogen) atoms. The van der Waals surface area contributed by atoms with Gasteiger partial charge in [-0.05, 0) is 37.5 Å². The summed E-state index contributed by atoms with van der Waals surface area (Å²) in [5, 5.41) is 9.91. The molecule has 2 N–H and O–H groups in total. The SMILES string of the molecule is CN=C(NCCCc1ccc(OC)cc1)NCCc1csc(C)n1. The van der Waals surface area contributed by atoms with E-state index in [0.29, 0.717) is 0 Å². The summed E-state index contributed by atoms with van der Waals surface area (Å²) in [6.45, 7) is 3.76. The van der Waals surface area contributed by atoms with Crippen molar-refractivity contribution in [2.75, 3.05) is 27.2 Å². The highest BCUT2D eigenvalue weighted by Crippen LogP contribution is 2.12. The van der Waals surface area contributed by atoms with Gasteiger partial charge in [-0.3, -0.25) is 4.99 Å². The predicted molar refractivity (Wildman–Crippen MR) is 101 cm³/mol. The van der Waals surface area contributed by atoms with Crippen LogP contribution in [0.2, 0.25) is 0 Å². The van der Waals surface area contributed by atoms with Crippen LogP contribution in [0, 0.1) is 6.92 Å². The molecule has 0 aliphatic heterocycles. The fourth-order valence-electron chi connectivity index (χ4n) is 2.34. The highest BCUT2D eigenvalue weighted by Gasteiger charge is 2.01. The molecule has 2 rings (SSSR count). The molecule has 2 aromatic rings. The second-order valence-electron chi connectivity index (χ2n) is 5.49. The zero-order valence-electron chi connectivity index (χ0n) is 14.6. The summed E-state index contributed by atoms with van der Waals surface area (Å²) in [5.41, 5.74) is 2.46. The van der Waals surface area contributed by atoms with Crippen LogP contribution < -0.4 is 15.4 Å². The first-order valence-electron chi connectivity index (χ1n) is 8.19. The van der Waals surface area contributed by atoms with Crippen molar-refractivity contribution >= 4 is 17.3 Å². The van der Waals surface area contributed by atoms with Crippen molar-refractivity contribution in [1.29, 1.82) is 0 Å². The van der Waals surface area contributed by atoms with Crippen LogP contribution in [-0.4, -0.2) is 38.2 Å². The normalized spacial score (nSPS) is 11.4. The third kappa shape index (κ3) is 6.20. The summed E-state index contributed by atoms with van der Waals surface area (Å²) < 4.78 is 5.17. The molecule has 0 radical (unpaired) electrons. The van der Waals surface area contributed by atoms with E-state index in [0.717, 1.165) is 54.8 Å². The van der Waals surface area contributed by atoms with Gasteiger partial charge in [0.2, 0.25) is 0 Å². The van der Waals surface area contributed by atoms with Crippen LogP contribution in [0.5, 0.6) is 5.75 Å². The Morgan fingerprint density at radius 2 is 1.92 bits per heavy atom. The van der Waals surface area contributed by atoms with Crippen molar-refractivity contribution in [2.24, 2.45) is 4.99 Å². The van der Waals surface area contributed by atoms with Crippen molar-refractivity contribution in [1.82, 2.24) is 15.6 Å². The van der Waals surface area contributed by atoms with Gasteiger partial charge in [0.05, 0.1) is 17.8 Å². The number of methoxy groups -OCH3 is 1. The fourth-order valence-corrected chi connectivity index (χ4v) is 2.99. The molecule has 0 unspecified atom stereocenters. The number of benzene rings is 1. The third-order valence-electron chi connectivity index (χ3n) is 3.66. The molecule has 6 heteroatoms. The maximum absolute atomic E-state index is 5.17. The number of aromatic nitrogens is 1. The van der Waals surface area contributed by atoms with E-state index in [9.17, 15) is 0 Å². The van der Waals surface area contributed by atoms with Crippen LogP contribution in [0.4, 0.5) is 0 Å². The minimum atomic E-state index is 0.835. The first kappa shape index (κ1) is 18.3. The maximum atomic E-state index is 5.17. The molecule has 130 valence electrons. The second-order valence-corrected chi connectivity index (χ2v) is 6.55. The van der Waals surface area contributed by atoms with Crippen molar-refractivity contribution in [3.8, 4) is 5.75 Å².